The topological polar surface area (TPSA) is 52.5 Å². The SMILES string of the molecule is CCC.Oc1cccc(C(O)C2CCCCN2)c1. The first-order chi connectivity index (χ1) is 8.69. The Morgan fingerprint density at radius 1 is 1.33 bits per heavy atom. The van der Waals surface area contributed by atoms with Gasteiger partial charge in [0.15, 0.2) is 0 Å². The molecule has 1 heterocycles. The first-order valence-corrected chi connectivity index (χ1v) is 6.89. The van der Waals surface area contributed by atoms with Crippen LogP contribution in [-0.4, -0.2) is 22.8 Å². The summed E-state index contributed by atoms with van der Waals surface area (Å²) >= 11 is 0. The highest BCUT2D eigenvalue weighted by Gasteiger charge is 2.22. The first-order valence-electron chi connectivity index (χ1n) is 6.89. The van der Waals surface area contributed by atoms with Gasteiger partial charge in [0, 0.05) is 6.04 Å². The molecule has 0 bridgehead atoms. The Labute approximate surface area is 110 Å². The Balaban J connectivity index is 0.000000492. The van der Waals surface area contributed by atoms with Crippen molar-refractivity contribution in [3.05, 3.63) is 29.8 Å². The van der Waals surface area contributed by atoms with Gasteiger partial charge >= 0.3 is 0 Å². The van der Waals surface area contributed by atoms with Gasteiger partial charge in [0.05, 0.1) is 6.10 Å². The van der Waals surface area contributed by atoms with Crippen molar-refractivity contribution >= 4 is 0 Å². The number of aromatic hydroxyl groups is 1. The third-order valence-corrected chi connectivity index (χ3v) is 2.94. The van der Waals surface area contributed by atoms with E-state index >= 15 is 0 Å². The molecular formula is C15H25NO2. The van der Waals surface area contributed by atoms with Crippen molar-refractivity contribution < 1.29 is 10.2 Å². The number of aliphatic hydroxyl groups excluding tert-OH is 1. The number of hydrogen-bond donors (Lipinski definition) is 3. The average Bonchev–Trinajstić information content (AvgIpc) is 2.40. The monoisotopic (exact) mass is 251 g/mol. The molecule has 0 aliphatic carbocycles. The number of piperidine rings is 1. The molecule has 1 aliphatic heterocycles. The van der Waals surface area contributed by atoms with Crippen LogP contribution in [0.2, 0.25) is 0 Å². The van der Waals surface area contributed by atoms with Crippen LogP contribution < -0.4 is 5.32 Å². The third kappa shape index (κ3) is 4.67. The minimum absolute atomic E-state index is 0.126. The van der Waals surface area contributed by atoms with Gasteiger partial charge in [0.25, 0.3) is 0 Å². The van der Waals surface area contributed by atoms with E-state index in [2.05, 4.69) is 19.2 Å². The van der Waals surface area contributed by atoms with E-state index in [1.807, 2.05) is 6.07 Å². The summed E-state index contributed by atoms with van der Waals surface area (Å²) in [7, 11) is 0. The van der Waals surface area contributed by atoms with Crippen molar-refractivity contribution in [3.63, 3.8) is 0 Å². The van der Waals surface area contributed by atoms with Crippen LogP contribution in [0.25, 0.3) is 0 Å². The molecule has 3 heteroatoms. The number of aliphatic hydroxyl groups is 1. The zero-order chi connectivity index (χ0) is 13.4. The van der Waals surface area contributed by atoms with Gasteiger partial charge in [0.1, 0.15) is 5.75 Å². The Morgan fingerprint density at radius 3 is 2.61 bits per heavy atom. The fraction of sp³-hybridized carbons (Fsp3) is 0.600. The van der Waals surface area contributed by atoms with Crippen molar-refractivity contribution in [3.8, 4) is 5.75 Å². The maximum absolute atomic E-state index is 10.1. The Bertz CT molecular complexity index is 335. The molecule has 1 aromatic rings. The zero-order valence-electron chi connectivity index (χ0n) is 11.4. The summed E-state index contributed by atoms with van der Waals surface area (Å²) in [6.07, 6.45) is 4.07. The van der Waals surface area contributed by atoms with Gasteiger partial charge in [-0.15, -0.1) is 0 Å². The molecule has 1 aromatic carbocycles. The summed E-state index contributed by atoms with van der Waals surface area (Å²) in [5.74, 6) is 0.211. The average molecular weight is 251 g/mol. The lowest BCUT2D eigenvalue weighted by Gasteiger charge is -2.28. The number of benzene rings is 1. The zero-order valence-corrected chi connectivity index (χ0v) is 11.4. The maximum Gasteiger partial charge on any atom is 0.115 e. The second kappa shape index (κ2) is 8.11. The van der Waals surface area contributed by atoms with Gasteiger partial charge in [-0.3, -0.25) is 0 Å². The molecule has 0 aromatic heterocycles. The van der Waals surface area contributed by atoms with Crippen molar-refractivity contribution in [1.82, 2.24) is 5.32 Å². The highest BCUT2D eigenvalue weighted by atomic mass is 16.3. The lowest BCUT2D eigenvalue weighted by Crippen LogP contribution is -2.38. The lowest BCUT2D eigenvalue weighted by molar-refractivity contribution is 0.113. The van der Waals surface area contributed by atoms with Crippen LogP contribution in [0.1, 0.15) is 51.2 Å². The Hall–Kier alpha value is -1.06. The Morgan fingerprint density at radius 2 is 2.06 bits per heavy atom. The summed E-state index contributed by atoms with van der Waals surface area (Å²) in [5.41, 5.74) is 0.786. The minimum atomic E-state index is -0.516. The molecule has 18 heavy (non-hydrogen) atoms. The molecule has 1 aliphatic rings. The van der Waals surface area contributed by atoms with Crippen LogP contribution in [0.3, 0.4) is 0 Å². The van der Waals surface area contributed by atoms with E-state index in [-0.39, 0.29) is 11.8 Å². The van der Waals surface area contributed by atoms with E-state index in [0.29, 0.717) is 0 Å². The van der Waals surface area contributed by atoms with Crippen LogP contribution in [0.4, 0.5) is 0 Å². The molecule has 0 amide bonds. The smallest absolute Gasteiger partial charge is 0.115 e. The van der Waals surface area contributed by atoms with Crippen molar-refractivity contribution in [1.29, 1.82) is 0 Å². The summed E-state index contributed by atoms with van der Waals surface area (Å²) < 4.78 is 0. The van der Waals surface area contributed by atoms with E-state index in [1.165, 1.54) is 12.8 Å². The molecule has 102 valence electrons. The number of rotatable bonds is 2. The van der Waals surface area contributed by atoms with Gasteiger partial charge < -0.3 is 15.5 Å². The fourth-order valence-corrected chi connectivity index (χ4v) is 2.09. The van der Waals surface area contributed by atoms with E-state index < -0.39 is 6.10 Å². The summed E-state index contributed by atoms with van der Waals surface area (Å²) in [4.78, 5) is 0. The van der Waals surface area contributed by atoms with Crippen LogP contribution in [-0.2, 0) is 0 Å². The lowest BCUT2D eigenvalue weighted by atomic mass is 9.95. The molecule has 2 unspecified atom stereocenters. The molecule has 0 spiro atoms. The van der Waals surface area contributed by atoms with Crippen LogP contribution in [0.5, 0.6) is 5.75 Å². The van der Waals surface area contributed by atoms with E-state index in [0.717, 1.165) is 24.9 Å². The summed E-state index contributed by atoms with van der Waals surface area (Å²) in [5, 5.41) is 22.7. The minimum Gasteiger partial charge on any atom is -0.508 e. The molecule has 2 rings (SSSR count). The highest BCUT2D eigenvalue weighted by molar-refractivity contribution is 5.29. The molecule has 1 fully saturated rings. The quantitative estimate of drug-likeness (QED) is 0.757. The number of phenols is 1. The molecule has 2 atom stereocenters. The fourth-order valence-electron chi connectivity index (χ4n) is 2.09. The predicted molar refractivity (Wildman–Crippen MR) is 74.7 cm³/mol. The number of phenolic OH excluding ortho intramolecular Hbond substituents is 1. The Kier molecular flexibility index (Phi) is 6.76. The molecule has 0 saturated carbocycles. The summed E-state index contributed by atoms with van der Waals surface area (Å²) in [6, 6.07) is 6.98. The van der Waals surface area contributed by atoms with Gasteiger partial charge in [-0.05, 0) is 37.1 Å². The highest BCUT2D eigenvalue weighted by Crippen LogP contribution is 2.24. The third-order valence-electron chi connectivity index (χ3n) is 2.94. The predicted octanol–water partition coefficient (Wildman–Crippen LogP) is 2.98. The van der Waals surface area contributed by atoms with Crippen molar-refractivity contribution in [2.45, 2.75) is 51.7 Å². The van der Waals surface area contributed by atoms with Crippen molar-refractivity contribution in [2.75, 3.05) is 6.54 Å². The van der Waals surface area contributed by atoms with Gasteiger partial charge in [-0.25, -0.2) is 0 Å². The van der Waals surface area contributed by atoms with E-state index in [9.17, 15) is 10.2 Å². The molecule has 3 N–H and O–H groups in total. The molecule has 0 radical (unpaired) electrons. The second-order valence-corrected chi connectivity index (χ2v) is 4.80. The van der Waals surface area contributed by atoms with Crippen LogP contribution >= 0.6 is 0 Å². The molecular weight excluding hydrogens is 226 g/mol. The second-order valence-electron chi connectivity index (χ2n) is 4.80. The normalized spacial score (nSPS) is 20.7. The molecule has 1 saturated heterocycles. The maximum atomic E-state index is 10.1. The van der Waals surface area contributed by atoms with Crippen LogP contribution in [0.15, 0.2) is 24.3 Å². The van der Waals surface area contributed by atoms with Gasteiger partial charge in [-0.2, -0.15) is 0 Å². The number of nitrogens with one attached hydrogen (secondary N) is 1. The number of hydrogen-bond acceptors (Lipinski definition) is 3. The largest absolute Gasteiger partial charge is 0.508 e. The van der Waals surface area contributed by atoms with Crippen molar-refractivity contribution in [2.24, 2.45) is 0 Å². The van der Waals surface area contributed by atoms with Gasteiger partial charge in [-0.1, -0.05) is 38.8 Å². The van der Waals surface area contributed by atoms with Gasteiger partial charge in [0.2, 0.25) is 0 Å². The first kappa shape index (κ1) is 15.0. The molecule has 3 nitrogen and oxygen atoms in total. The van der Waals surface area contributed by atoms with E-state index in [4.69, 9.17) is 0 Å². The standard InChI is InChI=1S/C12H17NO2.C3H8/c14-10-5-3-4-9(8-10)12(15)11-6-1-2-7-13-11;1-3-2/h3-5,8,11-15H,1-2,6-7H2;3H2,1-2H3. The summed E-state index contributed by atoms with van der Waals surface area (Å²) in [6.45, 7) is 5.22. The van der Waals surface area contributed by atoms with E-state index in [1.54, 1.807) is 18.2 Å². The van der Waals surface area contributed by atoms with Crippen LogP contribution in [0, 0.1) is 0 Å².